The highest BCUT2D eigenvalue weighted by Gasteiger charge is 2.45. The maximum absolute atomic E-state index is 14.2. The molecule has 7 heteroatoms. The molecule has 0 radical (unpaired) electrons. The lowest BCUT2D eigenvalue weighted by Gasteiger charge is -2.41. The maximum atomic E-state index is 14.2. The molecule has 236 valence electrons. The SMILES string of the molecule is COC(=O)c1ccc([C@H](C2C=C(C(C)(C)C)C(O)C(C(C)(C)C)=C2)C(C(=O)Oc2ccccc2)C(=O)Oc2ccccc2)cc1. The minimum absolute atomic E-state index is 0.288. The van der Waals surface area contributed by atoms with Crippen LogP contribution < -0.4 is 9.47 Å². The van der Waals surface area contributed by atoms with Crippen LogP contribution in [0.4, 0.5) is 0 Å². The molecule has 1 aliphatic carbocycles. The van der Waals surface area contributed by atoms with E-state index in [4.69, 9.17) is 14.2 Å². The summed E-state index contributed by atoms with van der Waals surface area (Å²) in [6.07, 6.45) is 3.07. The second kappa shape index (κ2) is 13.7. The third-order valence-electron chi connectivity index (χ3n) is 7.99. The van der Waals surface area contributed by atoms with Crippen LogP contribution in [0.15, 0.2) is 108 Å². The van der Waals surface area contributed by atoms with Crippen LogP contribution in [0.5, 0.6) is 11.5 Å². The molecule has 1 atom stereocenters. The molecule has 0 saturated carbocycles. The van der Waals surface area contributed by atoms with Crippen LogP contribution >= 0.6 is 0 Å². The van der Waals surface area contributed by atoms with Gasteiger partial charge < -0.3 is 19.3 Å². The Bertz CT molecular complexity index is 1470. The van der Waals surface area contributed by atoms with Crippen molar-refractivity contribution in [1.82, 2.24) is 0 Å². The second-order valence-corrected chi connectivity index (χ2v) is 13.3. The molecule has 0 unspecified atom stereocenters. The van der Waals surface area contributed by atoms with Gasteiger partial charge in [-0.2, -0.15) is 0 Å². The van der Waals surface area contributed by atoms with Crippen molar-refractivity contribution in [3.63, 3.8) is 0 Å². The first-order chi connectivity index (χ1) is 21.2. The smallest absolute Gasteiger partial charge is 0.337 e. The number of carbonyl (C=O) groups excluding carboxylic acids is 3. The van der Waals surface area contributed by atoms with Crippen LogP contribution in [0.2, 0.25) is 0 Å². The van der Waals surface area contributed by atoms with Gasteiger partial charge in [0.2, 0.25) is 0 Å². The van der Waals surface area contributed by atoms with Crippen molar-refractivity contribution in [2.75, 3.05) is 7.11 Å². The van der Waals surface area contributed by atoms with E-state index in [-0.39, 0.29) is 11.5 Å². The highest BCUT2D eigenvalue weighted by molar-refractivity contribution is 5.98. The summed E-state index contributed by atoms with van der Waals surface area (Å²) in [6, 6.07) is 23.8. The van der Waals surface area contributed by atoms with Crippen LogP contribution in [0.1, 0.15) is 63.4 Å². The van der Waals surface area contributed by atoms with E-state index in [2.05, 4.69) is 0 Å². The molecule has 1 N–H and O–H groups in total. The van der Waals surface area contributed by atoms with Crippen LogP contribution in [0.25, 0.3) is 0 Å². The monoisotopic (exact) mass is 610 g/mol. The van der Waals surface area contributed by atoms with Crippen molar-refractivity contribution in [3.05, 3.63) is 119 Å². The zero-order valence-electron chi connectivity index (χ0n) is 26.9. The van der Waals surface area contributed by atoms with Gasteiger partial charge in [0.05, 0.1) is 18.8 Å². The number of aliphatic hydroxyl groups excluding tert-OH is 1. The fourth-order valence-electron chi connectivity index (χ4n) is 5.66. The van der Waals surface area contributed by atoms with Crippen LogP contribution in [0.3, 0.4) is 0 Å². The number of rotatable bonds is 8. The van der Waals surface area contributed by atoms with Gasteiger partial charge in [0.15, 0.2) is 5.92 Å². The maximum Gasteiger partial charge on any atom is 0.337 e. The Balaban J connectivity index is 1.94. The molecule has 0 amide bonds. The Hall–Kier alpha value is -4.49. The summed E-state index contributed by atoms with van der Waals surface area (Å²) < 4.78 is 16.5. The molecule has 3 aromatic rings. The normalized spacial score (nSPS) is 17.5. The van der Waals surface area contributed by atoms with Gasteiger partial charge in [-0.3, -0.25) is 9.59 Å². The highest BCUT2D eigenvalue weighted by atomic mass is 16.6. The molecule has 45 heavy (non-hydrogen) atoms. The summed E-state index contributed by atoms with van der Waals surface area (Å²) in [5, 5.41) is 11.6. The van der Waals surface area contributed by atoms with Crippen molar-refractivity contribution in [3.8, 4) is 11.5 Å². The Morgan fingerprint density at radius 3 is 1.47 bits per heavy atom. The number of carbonyl (C=O) groups is 3. The summed E-state index contributed by atoms with van der Waals surface area (Å²) in [6.45, 7) is 12.1. The van der Waals surface area contributed by atoms with Crippen molar-refractivity contribution in [2.45, 2.75) is 53.6 Å². The van der Waals surface area contributed by atoms with Gasteiger partial charge >= 0.3 is 17.9 Å². The molecule has 0 bridgehead atoms. The first-order valence-corrected chi connectivity index (χ1v) is 15.0. The number of para-hydroxylation sites is 2. The fourth-order valence-corrected chi connectivity index (χ4v) is 5.66. The second-order valence-electron chi connectivity index (χ2n) is 13.3. The minimum Gasteiger partial charge on any atom is -0.465 e. The molecule has 0 fully saturated rings. The van der Waals surface area contributed by atoms with E-state index in [9.17, 15) is 19.5 Å². The standard InChI is InChI=1S/C38H42O7/c1-37(2,3)29-22-26(23-30(33(29)39)38(4,5)6)31(24-18-20-25(21-19-24)34(40)43-7)32(35(41)44-27-14-10-8-11-15-27)36(42)45-28-16-12-9-13-17-28/h8-23,26,31-33,39H,1-7H3/t26?,31-,33?/m1/s1. The lowest BCUT2D eigenvalue weighted by molar-refractivity contribution is -0.152. The van der Waals surface area contributed by atoms with Crippen molar-refractivity contribution in [2.24, 2.45) is 22.7 Å². The van der Waals surface area contributed by atoms with Crippen molar-refractivity contribution < 1.29 is 33.7 Å². The van der Waals surface area contributed by atoms with Crippen LogP contribution in [0, 0.1) is 22.7 Å². The minimum atomic E-state index is -1.43. The number of allylic oxidation sites excluding steroid dienone is 2. The van der Waals surface area contributed by atoms with Crippen molar-refractivity contribution >= 4 is 17.9 Å². The third-order valence-corrected chi connectivity index (χ3v) is 7.99. The largest absolute Gasteiger partial charge is 0.465 e. The quantitative estimate of drug-likeness (QED) is 0.123. The van der Waals surface area contributed by atoms with E-state index in [0.717, 1.165) is 11.1 Å². The van der Waals surface area contributed by atoms with Gasteiger partial charge in [-0.1, -0.05) is 102 Å². The number of hydrogen-bond donors (Lipinski definition) is 1. The van der Waals surface area contributed by atoms with Gasteiger partial charge in [0.1, 0.15) is 11.5 Å². The summed E-state index contributed by atoms with van der Waals surface area (Å²) in [4.78, 5) is 40.6. The number of hydrogen-bond acceptors (Lipinski definition) is 7. The molecule has 0 saturated heterocycles. The first-order valence-electron chi connectivity index (χ1n) is 15.0. The first kappa shape index (κ1) is 33.4. The molecular formula is C38H42O7. The Morgan fingerprint density at radius 2 is 1.09 bits per heavy atom. The Labute approximate surface area is 265 Å². The zero-order chi connectivity index (χ0) is 32.9. The Kier molecular flexibility index (Phi) is 10.1. The van der Waals surface area contributed by atoms with E-state index >= 15 is 0 Å². The molecule has 0 spiro atoms. The average molecular weight is 611 g/mol. The number of ether oxygens (including phenoxy) is 3. The van der Waals surface area contributed by atoms with Crippen LogP contribution in [-0.4, -0.2) is 36.2 Å². The summed E-state index contributed by atoms with van der Waals surface area (Å²) in [5.41, 5.74) is 1.65. The van der Waals surface area contributed by atoms with Gasteiger partial charge in [0, 0.05) is 11.8 Å². The van der Waals surface area contributed by atoms with Gasteiger partial charge in [-0.15, -0.1) is 0 Å². The average Bonchev–Trinajstić information content (AvgIpc) is 2.99. The molecular weight excluding hydrogens is 568 g/mol. The number of aliphatic hydroxyl groups is 1. The summed E-state index contributed by atoms with van der Waals surface area (Å²) in [7, 11) is 1.30. The topological polar surface area (TPSA) is 99.1 Å². The molecule has 0 heterocycles. The van der Waals surface area contributed by atoms with Crippen LogP contribution in [-0.2, 0) is 14.3 Å². The molecule has 0 aromatic heterocycles. The number of methoxy groups -OCH3 is 1. The van der Waals surface area contributed by atoms with Gasteiger partial charge in [-0.05, 0) is 63.9 Å². The lowest BCUT2D eigenvalue weighted by atomic mass is 9.65. The summed E-state index contributed by atoms with van der Waals surface area (Å²) >= 11 is 0. The zero-order valence-corrected chi connectivity index (χ0v) is 26.9. The van der Waals surface area contributed by atoms with E-state index in [1.807, 2.05) is 53.7 Å². The summed E-state index contributed by atoms with van der Waals surface area (Å²) in [5.74, 6) is -4.29. The lowest BCUT2D eigenvalue weighted by Crippen LogP contribution is -2.41. The van der Waals surface area contributed by atoms with E-state index in [1.165, 1.54) is 7.11 Å². The number of benzene rings is 3. The number of esters is 3. The fraction of sp³-hybridized carbons (Fsp3) is 0.342. The van der Waals surface area contributed by atoms with Gasteiger partial charge in [-0.25, -0.2) is 4.79 Å². The molecule has 4 rings (SSSR count). The molecule has 1 aliphatic rings. The van der Waals surface area contributed by atoms with Crippen molar-refractivity contribution in [1.29, 1.82) is 0 Å². The predicted molar refractivity (Wildman–Crippen MR) is 173 cm³/mol. The highest BCUT2D eigenvalue weighted by Crippen LogP contribution is 2.47. The molecule has 7 nitrogen and oxygen atoms in total. The van der Waals surface area contributed by atoms with E-state index in [1.54, 1.807) is 84.9 Å². The van der Waals surface area contributed by atoms with E-state index in [0.29, 0.717) is 11.1 Å². The van der Waals surface area contributed by atoms with Gasteiger partial charge in [0.25, 0.3) is 0 Å². The van der Waals surface area contributed by atoms with E-state index < -0.39 is 52.6 Å². The Morgan fingerprint density at radius 1 is 0.667 bits per heavy atom. The molecule has 0 aliphatic heterocycles. The predicted octanol–water partition coefficient (Wildman–Crippen LogP) is 7.32. The molecule has 3 aromatic carbocycles. The third kappa shape index (κ3) is 7.97.